The first kappa shape index (κ1) is 19.4. The van der Waals surface area contributed by atoms with Crippen molar-refractivity contribution in [3.8, 4) is 0 Å². The van der Waals surface area contributed by atoms with Crippen molar-refractivity contribution in [2.24, 2.45) is 11.0 Å². The molecule has 0 bridgehead atoms. The maximum absolute atomic E-state index is 13.3. The standard InChI is InChI=1S/C21H25N3O3S2/c25-20(14-23-7-1-4-15(13-23)21-26-8-9-27-21)24-17(19-6-3-11-29-19)12-16(22-24)18-5-2-10-28-18/h2-3,5-6,10-11,15,17,21H,1,4,7-9,12-14H2. The van der Waals surface area contributed by atoms with Crippen molar-refractivity contribution >= 4 is 34.3 Å². The Morgan fingerprint density at radius 3 is 2.76 bits per heavy atom. The van der Waals surface area contributed by atoms with Crippen LogP contribution >= 0.6 is 22.7 Å². The highest BCUT2D eigenvalue weighted by Gasteiger charge is 2.36. The van der Waals surface area contributed by atoms with E-state index in [1.165, 1.54) is 4.88 Å². The molecule has 0 aromatic carbocycles. The van der Waals surface area contributed by atoms with Crippen molar-refractivity contribution in [2.75, 3.05) is 32.8 Å². The SMILES string of the molecule is O=C(CN1CCCC(C2OCCO2)C1)N1N=C(c2cccs2)CC1c1cccs1. The summed E-state index contributed by atoms with van der Waals surface area (Å²) in [6, 6.07) is 8.27. The second kappa shape index (κ2) is 8.65. The molecule has 5 heterocycles. The second-order valence-corrected chi connectivity index (χ2v) is 9.67. The van der Waals surface area contributed by atoms with Gasteiger partial charge in [0.15, 0.2) is 6.29 Å². The van der Waals surface area contributed by atoms with Gasteiger partial charge in [0.2, 0.25) is 0 Å². The smallest absolute Gasteiger partial charge is 0.257 e. The Balaban J connectivity index is 1.30. The zero-order chi connectivity index (χ0) is 19.6. The molecule has 3 aliphatic heterocycles. The average Bonchev–Trinajstić information content (AvgIpc) is 3.55. The summed E-state index contributed by atoms with van der Waals surface area (Å²) >= 11 is 3.37. The highest BCUT2D eigenvalue weighted by Crippen LogP contribution is 2.36. The monoisotopic (exact) mass is 431 g/mol. The number of carbonyl (C=O) groups is 1. The van der Waals surface area contributed by atoms with Crippen LogP contribution in [0.25, 0.3) is 0 Å². The van der Waals surface area contributed by atoms with Crippen molar-refractivity contribution < 1.29 is 14.3 Å². The lowest BCUT2D eigenvalue weighted by Crippen LogP contribution is -2.45. The quantitative estimate of drug-likeness (QED) is 0.726. The lowest BCUT2D eigenvalue weighted by molar-refractivity contribution is -0.136. The number of hydrogen-bond donors (Lipinski definition) is 0. The molecule has 0 radical (unpaired) electrons. The van der Waals surface area contributed by atoms with Crippen LogP contribution in [0.4, 0.5) is 0 Å². The number of piperidine rings is 1. The zero-order valence-electron chi connectivity index (χ0n) is 16.2. The van der Waals surface area contributed by atoms with Gasteiger partial charge in [-0.1, -0.05) is 12.1 Å². The molecule has 6 nitrogen and oxygen atoms in total. The van der Waals surface area contributed by atoms with Gasteiger partial charge >= 0.3 is 0 Å². The van der Waals surface area contributed by atoms with Gasteiger partial charge in [0, 0.05) is 23.8 Å². The zero-order valence-corrected chi connectivity index (χ0v) is 17.9. The summed E-state index contributed by atoms with van der Waals surface area (Å²) in [5.74, 6) is 0.416. The summed E-state index contributed by atoms with van der Waals surface area (Å²) in [6.45, 7) is 3.53. The molecule has 29 heavy (non-hydrogen) atoms. The molecular weight excluding hydrogens is 406 g/mol. The minimum atomic E-state index is -0.109. The van der Waals surface area contributed by atoms with E-state index in [-0.39, 0.29) is 18.2 Å². The van der Waals surface area contributed by atoms with Crippen molar-refractivity contribution in [3.63, 3.8) is 0 Å². The number of likely N-dealkylation sites (tertiary alicyclic amines) is 1. The van der Waals surface area contributed by atoms with Crippen molar-refractivity contribution in [1.82, 2.24) is 9.91 Å². The Labute approximate surface area is 178 Å². The number of rotatable bonds is 5. The van der Waals surface area contributed by atoms with E-state index >= 15 is 0 Å². The summed E-state index contributed by atoms with van der Waals surface area (Å²) in [5, 5.41) is 10.6. The fourth-order valence-corrected chi connectivity index (χ4v) is 5.94. The second-order valence-electron chi connectivity index (χ2n) is 7.75. The fourth-order valence-electron chi connectivity index (χ4n) is 4.40. The minimum absolute atomic E-state index is 0.00156. The van der Waals surface area contributed by atoms with E-state index in [1.54, 1.807) is 27.7 Å². The maximum Gasteiger partial charge on any atom is 0.257 e. The number of hydrogen-bond acceptors (Lipinski definition) is 7. The first-order chi connectivity index (χ1) is 14.3. The highest BCUT2D eigenvalue weighted by atomic mass is 32.1. The topological polar surface area (TPSA) is 54.4 Å². The van der Waals surface area contributed by atoms with E-state index in [4.69, 9.17) is 14.6 Å². The number of carbonyl (C=O) groups excluding carboxylic acids is 1. The van der Waals surface area contributed by atoms with E-state index in [0.717, 1.165) is 42.9 Å². The van der Waals surface area contributed by atoms with Crippen molar-refractivity contribution in [3.05, 3.63) is 44.8 Å². The number of thiophene rings is 2. The third kappa shape index (κ3) is 4.18. The van der Waals surface area contributed by atoms with E-state index in [2.05, 4.69) is 27.8 Å². The first-order valence-corrected chi connectivity index (χ1v) is 12.0. The van der Waals surface area contributed by atoms with Crippen LogP contribution in [0.2, 0.25) is 0 Å². The predicted octanol–water partition coefficient (Wildman–Crippen LogP) is 3.57. The van der Waals surface area contributed by atoms with E-state index < -0.39 is 0 Å². The highest BCUT2D eigenvalue weighted by molar-refractivity contribution is 7.12. The molecule has 0 saturated carbocycles. The summed E-state index contributed by atoms with van der Waals surface area (Å²) in [4.78, 5) is 17.9. The maximum atomic E-state index is 13.3. The summed E-state index contributed by atoms with van der Waals surface area (Å²) in [5.41, 5.74) is 1.01. The molecule has 2 unspecified atom stereocenters. The normalized spacial score (nSPS) is 26.2. The average molecular weight is 432 g/mol. The van der Waals surface area contributed by atoms with Crippen LogP contribution in [0.3, 0.4) is 0 Å². The summed E-state index contributed by atoms with van der Waals surface area (Å²) in [7, 11) is 0. The fraction of sp³-hybridized carbons (Fsp3) is 0.524. The minimum Gasteiger partial charge on any atom is -0.350 e. The lowest BCUT2D eigenvalue weighted by Gasteiger charge is -2.35. The van der Waals surface area contributed by atoms with Crippen LogP contribution in [0.15, 0.2) is 40.1 Å². The molecule has 3 aliphatic rings. The van der Waals surface area contributed by atoms with Crippen LogP contribution in [0, 0.1) is 5.92 Å². The molecular formula is C21H25N3O3S2. The Hall–Kier alpha value is -1.58. The van der Waals surface area contributed by atoms with Gasteiger partial charge < -0.3 is 9.47 Å². The number of ether oxygens (including phenoxy) is 2. The number of nitrogens with zero attached hydrogens (tertiary/aromatic N) is 3. The van der Waals surface area contributed by atoms with Gasteiger partial charge in [-0.2, -0.15) is 5.10 Å². The number of hydrazone groups is 1. The first-order valence-electron chi connectivity index (χ1n) is 10.2. The van der Waals surface area contributed by atoms with Crippen LogP contribution in [0.1, 0.15) is 35.1 Å². The summed E-state index contributed by atoms with van der Waals surface area (Å²) < 4.78 is 11.4. The molecule has 0 aliphatic carbocycles. The lowest BCUT2D eigenvalue weighted by atomic mass is 9.97. The molecule has 154 valence electrons. The van der Waals surface area contributed by atoms with E-state index in [1.807, 2.05) is 12.1 Å². The van der Waals surface area contributed by atoms with Gasteiger partial charge in [-0.15, -0.1) is 22.7 Å². The predicted molar refractivity (Wildman–Crippen MR) is 114 cm³/mol. The molecule has 0 N–H and O–H groups in total. The Morgan fingerprint density at radius 2 is 2.00 bits per heavy atom. The van der Waals surface area contributed by atoms with Gasteiger partial charge in [-0.25, -0.2) is 5.01 Å². The van der Waals surface area contributed by atoms with E-state index in [9.17, 15) is 4.79 Å². The van der Waals surface area contributed by atoms with Gasteiger partial charge in [0.25, 0.3) is 5.91 Å². The van der Waals surface area contributed by atoms with E-state index in [0.29, 0.717) is 25.7 Å². The molecule has 2 fully saturated rings. The van der Waals surface area contributed by atoms with Crippen LogP contribution in [-0.2, 0) is 14.3 Å². The Kier molecular flexibility index (Phi) is 5.78. The van der Waals surface area contributed by atoms with Gasteiger partial charge in [-0.3, -0.25) is 9.69 Å². The van der Waals surface area contributed by atoms with Gasteiger partial charge in [-0.05, 0) is 42.3 Å². The largest absolute Gasteiger partial charge is 0.350 e. The number of amides is 1. The van der Waals surface area contributed by atoms with Crippen molar-refractivity contribution in [2.45, 2.75) is 31.6 Å². The van der Waals surface area contributed by atoms with Crippen LogP contribution in [-0.4, -0.2) is 60.7 Å². The van der Waals surface area contributed by atoms with Crippen LogP contribution in [0.5, 0.6) is 0 Å². The van der Waals surface area contributed by atoms with Gasteiger partial charge in [0.1, 0.15) is 0 Å². The molecule has 2 saturated heterocycles. The molecule has 2 aromatic heterocycles. The Bertz CT molecular complexity index is 847. The summed E-state index contributed by atoms with van der Waals surface area (Å²) in [6.07, 6.45) is 2.83. The molecule has 2 aromatic rings. The molecule has 1 amide bonds. The van der Waals surface area contributed by atoms with Crippen LogP contribution < -0.4 is 0 Å². The molecule has 0 spiro atoms. The molecule has 2 atom stereocenters. The third-order valence-electron chi connectivity index (χ3n) is 5.78. The molecule has 5 rings (SSSR count). The molecule has 8 heteroatoms. The third-order valence-corrected chi connectivity index (χ3v) is 7.67. The van der Waals surface area contributed by atoms with Gasteiger partial charge in [0.05, 0.1) is 36.4 Å². The Morgan fingerprint density at radius 1 is 1.17 bits per heavy atom. The van der Waals surface area contributed by atoms with Crippen molar-refractivity contribution in [1.29, 1.82) is 0 Å².